The van der Waals surface area contributed by atoms with Gasteiger partial charge in [0, 0.05) is 6.42 Å². The Morgan fingerprint density at radius 1 is 0.451 bits per heavy atom. The highest BCUT2D eigenvalue weighted by Crippen LogP contribution is 2.33. The van der Waals surface area contributed by atoms with Crippen molar-refractivity contribution in [2.45, 2.75) is 291 Å². The van der Waals surface area contributed by atoms with E-state index in [4.69, 9.17) is 28.4 Å². The van der Waals surface area contributed by atoms with E-state index >= 15 is 0 Å². The topological polar surface area (TPSA) is 307 Å². The molecule has 82 heavy (non-hydrogen) atoms. The van der Waals surface area contributed by atoms with E-state index in [9.17, 15) is 61.0 Å². The van der Waals surface area contributed by atoms with Crippen molar-refractivity contribution in [3.63, 3.8) is 0 Å². The highest BCUT2D eigenvalue weighted by atomic mass is 16.8. The number of aliphatic hydroxyl groups excluding tert-OH is 11. The number of allylic oxidation sites excluding steroid dienone is 11. The van der Waals surface area contributed by atoms with Crippen LogP contribution < -0.4 is 5.32 Å². The second-order valence-corrected chi connectivity index (χ2v) is 22.1. The quantitative estimate of drug-likeness (QED) is 0.0238. The van der Waals surface area contributed by atoms with Crippen LogP contribution in [-0.4, -0.2) is 193 Å². The molecule has 0 aromatic rings. The van der Waals surface area contributed by atoms with E-state index in [1.54, 1.807) is 6.08 Å². The van der Waals surface area contributed by atoms with Gasteiger partial charge >= 0.3 is 0 Å². The Kier molecular flexibility index (Phi) is 40.8. The average molecular weight is 1170 g/mol. The molecule has 0 radical (unpaired) electrons. The van der Waals surface area contributed by atoms with Gasteiger partial charge in [-0.2, -0.15) is 0 Å². The summed E-state index contributed by atoms with van der Waals surface area (Å²) in [5.74, 6) is -0.292. The molecular weight excluding hydrogens is 1060 g/mol. The van der Waals surface area contributed by atoms with Crippen LogP contribution in [0.15, 0.2) is 72.9 Å². The number of carbonyl (C=O) groups excluding carboxylic acids is 1. The molecule has 0 aliphatic carbocycles. The van der Waals surface area contributed by atoms with Gasteiger partial charge in [0.2, 0.25) is 5.91 Å². The maximum atomic E-state index is 13.3. The Hall–Kier alpha value is -2.77. The minimum Gasteiger partial charge on any atom is -0.394 e. The molecule has 3 heterocycles. The first-order valence-corrected chi connectivity index (χ1v) is 31.2. The van der Waals surface area contributed by atoms with Crippen molar-refractivity contribution in [3.8, 4) is 0 Å². The molecule has 17 unspecified atom stereocenters. The molecule has 19 heteroatoms. The second kappa shape index (κ2) is 45.5. The van der Waals surface area contributed by atoms with Crippen molar-refractivity contribution in [2.75, 3.05) is 26.4 Å². The highest BCUT2D eigenvalue weighted by molar-refractivity contribution is 5.76. The Morgan fingerprint density at radius 2 is 0.854 bits per heavy atom. The zero-order chi connectivity index (χ0) is 59.7. The molecule has 0 aromatic carbocycles. The Balaban J connectivity index is 1.41. The lowest BCUT2D eigenvalue weighted by Gasteiger charge is -2.48. The van der Waals surface area contributed by atoms with E-state index in [2.05, 4.69) is 79.9 Å². The molecule has 0 saturated carbocycles. The molecule has 3 saturated heterocycles. The molecule has 0 bridgehead atoms. The molecule has 0 aromatic heterocycles. The van der Waals surface area contributed by atoms with Gasteiger partial charge in [-0.05, 0) is 70.6 Å². The number of rotatable bonds is 45. The standard InChI is InChI=1S/C63H109NO18/c1-3-5-7-9-11-13-15-16-17-18-19-20-21-22-23-24-25-26-27-28-29-30-31-33-35-37-39-41-51(69)64-46(47(68)40-38-36-34-32-14-12-10-8-6-4-2)45-77-61-57(75)54(72)59(49(43-66)79-61)82-63-58(76)55(73)60(50(44-67)80-63)81-62-56(74)53(71)52(70)48(42-65)78-62/h5,7,11,13-14,16-17,19-20,32,38,40,46-50,52-63,65-68,70-76H,3-4,6,8-10,12,15,18,21-31,33-37,39,41-45H2,1-2H3,(H,64,69)/b7-5-,13-11-,17-16-,20-19-,32-14+,40-38+. The van der Waals surface area contributed by atoms with Gasteiger partial charge in [0.05, 0.1) is 38.6 Å². The van der Waals surface area contributed by atoms with Crippen molar-refractivity contribution in [1.82, 2.24) is 5.32 Å². The third-order valence-electron chi connectivity index (χ3n) is 15.2. The lowest BCUT2D eigenvalue weighted by Crippen LogP contribution is -2.66. The summed E-state index contributed by atoms with van der Waals surface area (Å²) in [6.45, 7) is 1.53. The summed E-state index contributed by atoms with van der Waals surface area (Å²) in [4.78, 5) is 13.3. The van der Waals surface area contributed by atoms with Gasteiger partial charge in [0.1, 0.15) is 73.2 Å². The Labute approximate surface area is 489 Å². The van der Waals surface area contributed by atoms with Crippen LogP contribution in [-0.2, 0) is 33.2 Å². The summed E-state index contributed by atoms with van der Waals surface area (Å²) >= 11 is 0. The fourth-order valence-electron chi connectivity index (χ4n) is 10.1. The number of amides is 1. The van der Waals surface area contributed by atoms with Crippen molar-refractivity contribution in [3.05, 3.63) is 72.9 Å². The summed E-state index contributed by atoms with van der Waals surface area (Å²) in [5, 5.41) is 120. The average Bonchev–Trinajstić information content (AvgIpc) is 3.64. The third kappa shape index (κ3) is 28.6. The Bertz CT molecular complexity index is 1780. The summed E-state index contributed by atoms with van der Waals surface area (Å²) in [5.41, 5.74) is 0. The second-order valence-electron chi connectivity index (χ2n) is 22.1. The SMILES string of the molecule is CC/C=C\C/C=C\C/C=C\C/C=C\CCCCCCCCCCCCCCCCC(=O)NC(COC1OC(CO)C(OC2OC(CO)C(OC3OC(CO)C(O)C(O)C3O)C(O)C2O)C(O)C1O)C(O)/C=C/CC/C=C/CCCCCC. The summed E-state index contributed by atoms with van der Waals surface area (Å²) in [6.07, 6.45) is 27.7. The maximum Gasteiger partial charge on any atom is 0.220 e. The summed E-state index contributed by atoms with van der Waals surface area (Å²) in [6, 6.07) is -0.991. The molecule has 12 N–H and O–H groups in total. The first kappa shape index (κ1) is 73.5. The third-order valence-corrected chi connectivity index (χ3v) is 15.2. The normalized spacial score (nSPS) is 30.1. The molecule has 474 valence electrons. The minimum atomic E-state index is -1.98. The van der Waals surface area contributed by atoms with Gasteiger partial charge in [0.15, 0.2) is 18.9 Å². The molecule has 3 aliphatic rings. The molecule has 3 aliphatic heterocycles. The number of hydrogen-bond donors (Lipinski definition) is 12. The zero-order valence-corrected chi connectivity index (χ0v) is 49.4. The van der Waals surface area contributed by atoms with Crippen LogP contribution in [0.1, 0.15) is 187 Å². The number of nitrogens with one attached hydrogen (secondary N) is 1. The highest BCUT2D eigenvalue weighted by Gasteiger charge is 2.53. The van der Waals surface area contributed by atoms with Crippen LogP contribution in [0.3, 0.4) is 0 Å². The molecule has 1 amide bonds. The van der Waals surface area contributed by atoms with E-state index in [1.807, 2.05) is 6.08 Å². The predicted molar refractivity (Wildman–Crippen MR) is 314 cm³/mol. The van der Waals surface area contributed by atoms with Gasteiger partial charge < -0.3 is 89.9 Å². The van der Waals surface area contributed by atoms with Crippen LogP contribution >= 0.6 is 0 Å². The minimum absolute atomic E-state index is 0.231. The number of carbonyl (C=O) groups is 1. The van der Waals surface area contributed by atoms with E-state index in [1.165, 1.54) is 83.5 Å². The molecular formula is C63H109NO18. The molecule has 0 spiro atoms. The fraction of sp³-hybridized carbons (Fsp3) is 0.794. The van der Waals surface area contributed by atoms with Crippen LogP contribution in [0.5, 0.6) is 0 Å². The largest absolute Gasteiger partial charge is 0.394 e. The molecule has 17 atom stereocenters. The first-order chi connectivity index (χ1) is 39.8. The zero-order valence-electron chi connectivity index (χ0n) is 49.4. The smallest absolute Gasteiger partial charge is 0.220 e. The predicted octanol–water partition coefficient (Wildman–Crippen LogP) is 6.21. The van der Waals surface area contributed by atoms with Gasteiger partial charge in [-0.25, -0.2) is 0 Å². The summed E-state index contributed by atoms with van der Waals surface area (Å²) in [7, 11) is 0. The molecule has 19 nitrogen and oxygen atoms in total. The monoisotopic (exact) mass is 1170 g/mol. The lowest BCUT2D eigenvalue weighted by atomic mass is 9.96. The van der Waals surface area contributed by atoms with Crippen LogP contribution in [0.4, 0.5) is 0 Å². The molecule has 3 rings (SSSR count). The van der Waals surface area contributed by atoms with Crippen molar-refractivity contribution in [1.29, 1.82) is 0 Å². The van der Waals surface area contributed by atoms with Gasteiger partial charge in [-0.1, -0.05) is 183 Å². The first-order valence-electron chi connectivity index (χ1n) is 31.2. The maximum absolute atomic E-state index is 13.3. The molecule has 3 fully saturated rings. The van der Waals surface area contributed by atoms with Crippen LogP contribution in [0.2, 0.25) is 0 Å². The van der Waals surface area contributed by atoms with E-state index in [0.717, 1.165) is 70.6 Å². The van der Waals surface area contributed by atoms with Crippen LogP contribution in [0.25, 0.3) is 0 Å². The number of unbranched alkanes of at least 4 members (excludes halogenated alkanes) is 19. The van der Waals surface area contributed by atoms with Gasteiger partial charge in [-0.3, -0.25) is 4.79 Å². The van der Waals surface area contributed by atoms with E-state index in [0.29, 0.717) is 12.8 Å². The number of ether oxygens (including phenoxy) is 6. The van der Waals surface area contributed by atoms with Crippen molar-refractivity contribution >= 4 is 5.91 Å². The van der Waals surface area contributed by atoms with Gasteiger partial charge in [0.25, 0.3) is 0 Å². The van der Waals surface area contributed by atoms with E-state index < -0.39 is 124 Å². The number of hydrogen-bond acceptors (Lipinski definition) is 18. The number of aliphatic hydroxyl groups is 11. The van der Waals surface area contributed by atoms with Gasteiger partial charge in [-0.15, -0.1) is 0 Å². The Morgan fingerprint density at radius 3 is 1.37 bits per heavy atom. The van der Waals surface area contributed by atoms with Crippen molar-refractivity contribution in [2.24, 2.45) is 0 Å². The van der Waals surface area contributed by atoms with Crippen LogP contribution in [0, 0.1) is 0 Å². The lowest BCUT2D eigenvalue weighted by molar-refractivity contribution is -0.379. The van der Waals surface area contributed by atoms with E-state index in [-0.39, 0.29) is 18.9 Å². The van der Waals surface area contributed by atoms with Crippen molar-refractivity contribution < 1.29 is 89.4 Å². The summed E-state index contributed by atoms with van der Waals surface area (Å²) < 4.78 is 34.2. The fourth-order valence-corrected chi connectivity index (χ4v) is 10.1.